The Labute approximate surface area is 153 Å². The van der Waals surface area contributed by atoms with E-state index in [0.29, 0.717) is 11.7 Å². The van der Waals surface area contributed by atoms with E-state index in [0.717, 1.165) is 15.6 Å². The van der Waals surface area contributed by atoms with Crippen LogP contribution in [0.1, 0.15) is 24.4 Å². The van der Waals surface area contributed by atoms with Crippen LogP contribution in [-0.4, -0.2) is 16.0 Å². The fraction of sp³-hybridized carbons (Fsp3) is 0.105. The molecule has 1 aromatic heterocycles. The van der Waals surface area contributed by atoms with Gasteiger partial charge in [0, 0.05) is 16.1 Å². The molecule has 0 saturated carbocycles. The van der Waals surface area contributed by atoms with Gasteiger partial charge in [0.1, 0.15) is 6.04 Å². The minimum absolute atomic E-state index is 0.222. The highest BCUT2D eigenvalue weighted by Gasteiger charge is 2.16. The Morgan fingerprint density at radius 3 is 2.60 bits per heavy atom. The molecule has 2 aromatic carbocycles. The summed E-state index contributed by atoms with van der Waals surface area (Å²) in [4.78, 5) is 16.4. The number of amides is 1. The molecule has 3 rings (SSSR count). The van der Waals surface area contributed by atoms with Gasteiger partial charge in [-0.05, 0) is 42.8 Å². The molecule has 5 nitrogen and oxygen atoms in total. The average molecular weight is 398 g/mol. The zero-order chi connectivity index (χ0) is 17.6. The third-order valence-corrected chi connectivity index (χ3v) is 4.03. The van der Waals surface area contributed by atoms with Crippen molar-refractivity contribution < 1.29 is 9.32 Å². The fourth-order valence-electron chi connectivity index (χ4n) is 2.19. The molecule has 3 aromatic rings. The lowest BCUT2D eigenvalue weighted by Crippen LogP contribution is -2.24. The van der Waals surface area contributed by atoms with Gasteiger partial charge in [-0.1, -0.05) is 51.4 Å². The summed E-state index contributed by atoms with van der Waals surface area (Å²) in [5.74, 6) is 0.627. The van der Waals surface area contributed by atoms with Gasteiger partial charge >= 0.3 is 0 Å². The maximum atomic E-state index is 12.0. The topological polar surface area (TPSA) is 68.0 Å². The van der Waals surface area contributed by atoms with E-state index >= 15 is 0 Å². The second-order valence-electron chi connectivity index (χ2n) is 5.44. The lowest BCUT2D eigenvalue weighted by Gasteiger charge is -2.06. The molecule has 0 aliphatic rings. The number of aromatic nitrogens is 2. The van der Waals surface area contributed by atoms with Crippen molar-refractivity contribution in [3.05, 3.63) is 76.6 Å². The van der Waals surface area contributed by atoms with Gasteiger partial charge in [0.15, 0.2) is 0 Å². The Balaban J connectivity index is 1.63. The summed E-state index contributed by atoms with van der Waals surface area (Å²) in [6.45, 7) is 1.80. The molecule has 0 saturated heterocycles. The average Bonchev–Trinajstić information content (AvgIpc) is 3.12. The molecule has 0 bridgehead atoms. The summed E-state index contributed by atoms with van der Waals surface area (Å²) in [5, 5.41) is 6.78. The van der Waals surface area contributed by atoms with Crippen molar-refractivity contribution in [1.82, 2.24) is 15.5 Å². The van der Waals surface area contributed by atoms with Gasteiger partial charge in [0.05, 0.1) is 0 Å². The van der Waals surface area contributed by atoms with Crippen molar-refractivity contribution in [2.24, 2.45) is 0 Å². The van der Waals surface area contributed by atoms with Crippen LogP contribution < -0.4 is 5.32 Å². The molecule has 1 heterocycles. The number of hydrogen-bond donors (Lipinski definition) is 1. The predicted octanol–water partition coefficient (Wildman–Crippen LogP) is 4.39. The highest BCUT2D eigenvalue weighted by molar-refractivity contribution is 9.10. The van der Waals surface area contributed by atoms with Crippen molar-refractivity contribution in [2.45, 2.75) is 13.0 Å². The van der Waals surface area contributed by atoms with Gasteiger partial charge in [0.2, 0.25) is 17.6 Å². The lowest BCUT2D eigenvalue weighted by molar-refractivity contribution is -0.117. The van der Waals surface area contributed by atoms with E-state index in [2.05, 4.69) is 31.4 Å². The minimum Gasteiger partial charge on any atom is -0.341 e. The van der Waals surface area contributed by atoms with E-state index in [1.165, 1.54) is 6.08 Å². The number of benzene rings is 2. The van der Waals surface area contributed by atoms with Gasteiger partial charge in [-0.25, -0.2) is 0 Å². The van der Waals surface area contributed by atoms with Crippen LogP contribution in [0.2, 0.25) is 0 Å². The molecule has 1 N–H and O–H groups in total. The van der Waals surface area contributed by atoms with Crippen LogP contribution in [0.5, 0.6) is 0 Å². The van der Waals surface area contributed by atoms with E-state index in [1.807, 2.05) is 54.6 Å². The van der Waals surface area contributed by atoms with Crippen molar-refractivity contribution in [2.75, 3.05) is 0 Å². The summed E-state index contributed by atoms with van der Waals surface area (Å²) >= 11 is 3.39. The summed E-state index contributed by atoms with van der Waals surface area (Å²) in [5.41, 5.74) is 1.81. The van der Waals surface area contributed by atoms with Crippen molar-refractivity contribution in [3.63, 3.8) is 0 Å². The summed E-state index contributed by atoms with van der Waals surface area (Å²) in [6.07, 6.45) is 3.24. The third-order valence-electron chi connectivity index (χ3n) is 3.50. The second kappa shape index (κ2) is 7.90. The van der Waals surface area contributed by atoms with E-state index < -0.39 is 0 Å². The minimum atomic E-state index is -0.385. The highest BCUT2D eigenvalue weighted by atomic mass is 79.9. The largest absolute Gasteiger partial charge is 0.341 e. The second-order valence-corrected chi connectivity index (χ2v) is 6.35. The Kier molecular flexibility index (Phi) is 5.40. The molecule has 0 aliphatic heterocycles. The normalized spacial score (nSPS) is 12.2. The van der Waals surface area contributed by atoms with Crippen LogP contribution >= 0.6 is 15.9 Å². The number of carbonyl (C=O) groups excluding carboxylic acids is 1. The number of nitrogens with one attached hydrogen (secondary N) is 1. The summed E-state index contributed by atoms with van der Waals surface area (Å²) < 4.78 is 6.24. The first-order valence-electron chi connectivity index (χ1n) is 7.75. The van der Waals surface area contributed by atoms with E-state index in [1.54, 1.807) is 13.0 Å². The van der Waals surface area contributed by atoms with E-state index in [4.69, 9.17) is 4.52 Å². The molecular formula is C19H16BrN3O2. The third kappa shape index (κ3) is 4.64. The maximum Gasteiger partial charge on any atom is 0.249 e. The first-order chi connectivity index (χ1) is 12.1. The van der Waals surface area contributed by atoms with Gasteiger partial charge in [-0.15, -0.1) is 0 Å². The molecule has 25 heavy (non-hydrogen) atoms. The lowest BCUT2D eigenvalue weighted by atomic mass is 10.2. The monoisotopic (exact) mass is 397 g/mol. The number of carbonyl (C=O) groups is 1. The predicted molar refractivity (Wildman–Crippen MR) is 99.5 cm³/mol. The molecule has 0 aliphatic carbocycles. The Bertz CT molecular complexity index is 873. The zero-order valence-electron chi connectivity index (χ0n) is 13.5. The highest BCUT2D eigenvalue weighted by Crippen LogP contribution is 2.20. The van der Waals surface area contributed by atoms with Crippen molar-refractivity contribution in [1.29, 1.82) is 0 Å². The molecular weight excluding hydrogens is 382 g/mol. The molecule has 0 spiro atoms. The quantitative estimate of drug-likeness (QED) is 0.648. The van der Waals surface area contributed by atoms with Gasteiger partial charge < -0.3 is 9.84 Å². The van der Waals surface area contributed by atoms with Crippen LogP contribution in [0.15, 0.2) is 69.7 Å². The fourth-order valence-corrected chi connectivity index (χ4v) is 2.45. The molecule has 0 unspecified atom stereocenters. The van der Waals surface area contributed by atoms with Crippen LogP contribution in [0.3, 0.4) is 0 Å². The van der Waals surface area contributed by atoms with Gasteiger partial charge in [-0.2, -0.15) is 4.98 Å². The first kappa shape index (κ1) is 17.1. The molecule has 0 radical (unpaired) electrons. The van der Waals surface area contributed by atoms with Crippen LogP contribution in [0.25, 0.3) is 17.5 Å². The number of hydrogen-bond acceptors (Lipinski definition) is 4. The molecule has 1 atom stereocenters. The van der Waals surface area contributed by atoms with Crippen molar-refractivity contribution in [3.8, 4) is 11.4 Å². The zero-order valence-corrected chi connectivity index (χ0v) is 15.1. The number of rotatable bonds is 5. The smallest absolute Gasteiger partial charge is 0.249 e. The Morgan fingerprint density at radius 1 is 1.16 bits per heavy atom. The van der Waals surface area contributed by atoms with E-state index in [-0.39, 0.29) is 11.9 Å². The van der Waals surface area contributed by atoms with E-state index in [9.17, 15) is 4.79 Å². The molecule has 6 heteroatoms. The Hall–Kier alpha value is -2.73. The summed E-state index contributed by atoms with van der Waals surface area (Å²) in [7, 11) is 0. The first-order valence-corrected chi connectivity index (χ1v) is 8.54. The number of halogens is 1. The van der Waals surface area contributed by atoms with Gasteiger partial charge in [0.25, 0.3) is 0 Å². The van der Waals surface area contributed by atoms with Crippen LogP contribution in [0.4, 0.5) is 0 Å². The van der Waals surface area contributed by atoms with Crippen LogP contribution in [0, 0.1) is 0 Å². The Morgan fingerprint density at radius 2 is 1.88 bits per heavy atom. The van der Waals surface area contributed by atoms with Crippen molar-refractivity contribution >= 4 is 27.9 Å². The molecule has 126 valence electrons. The maximum absolute atomic E-state index is 12.0. The standard InChI is InChI=1S/C19H16BrN3O2/c1-13(21-17(24)12-7-14-5-3-2-4-6-14)19-22-18(23-25-19)15-8-10-16(20)11-9-15/h2-13H,1H3,(H,21,24)/b12-7+/t13-/m1/s1. The SMILES string of the molecule is C[C@@H](NC(=O)/C=C/c1ccccc1)c1nc(-c2ccc(Br)cc2)no1. The summed E-state index contributed by atoms with van der Waals surface area (Å²) in [6, 6.07) is 16.8. The molecule has 1 amide bonds. The molecule has 0 fully saturated rings. The van der Waals surface area contributed by atoms with Crippen LogP contribution in [-0.2, 0) is 4.79 Å². The number of nitrogens with zero attached hydrogens (tertiary/aromatic N) is 2. The van der Waals surface area contributed by atoms with Gasteiger partial charge in [-0.3, -0.25) is 4.79 Å².